The minimum atomic E-state index is -0.527. The van der Waals surface area contributed by atoms with Gasteiger partial charge in [0, 0.05) is 5.56 Å². The number of aromatic hydroxyl groups is 1. The summed E-state index contributed by atoms with van der Waals surface area (Å²) in [6, 6.07) is 16.0. The Morgan fingerprint density at radius 3 is 2.37 bits per heavy atom. The Kier molecular flexibility index (Phi) is 2.68. The van der Waals surface area contributed by atoms with Gasteiger partial charge in [-0.25, -0.2) is 9.36 Å². The molecule has 0 aliphatic rings. The third-order valence-electron chi connectivity index (χ3n) is 2.84. The van der Waals surface area contributed by atoms with Crippen LogP contribution in [0, 0.1) is 0 Å². The molecule has 0 spiro atoms. The minimum absolute atomic E-state index is 0.0324. The number of phenolic OH excluding ortho intramolecular Hbond substituents is 1. The van der Waals surface area contributed by atoms with E-state index in [1.807, 2.05) is 30.3 Å². The number of aromatic nitrogens is 1. The number of hydrogen-bond acceptors (Lipinski definition) is 3. The van der Waals surface area contributed by atoms with Gasteiger partial charge >= 0.3 is 5.76 Å². The van der Waals surface area contributed by atoms with Crippen LogP contribution in [-0.2, 0) is 0 Å². The Balaban J connectivity index is 2.14. The Morgan fingerprint density at radius 1 is 0.947 bits per heavy atom. The quantitative estimate of drug-likeness (QED) is 0.764. The first-order chi connectivity index (χ1) is 9.25. The van der Waals surface area contributed by atoms with Crippen LogP contribution < -0.4 is 5.76 Å². The summed E-state index contributed by atoms with van der Waals surface area (Å²) in [5, 5.41) is 9.77. The van der Waals surface area contributed by atoms with Gasteiger partial charge in [0.25, 0.3) is 0 Å². The van der Waals surface area contributed by atoms with Crippen molar-refractivity contribution in [1.82, 2.24) is 4.57 Å². The van der Waals surface area contributed by atoms with E-state index in [4.69, 9.17) is 4.42 Å². The molecule has 1 heterocycles. The third kappa shape index (κ3) is 2.04. The number of para-hydroxylation sites is 2. The van der Waals surface area contributed by atoms with Crippen molar-refractivity contribution in [3.8, 4) is 22.8 Å². The SMILES string of the molecule is O=c1oc(-c2ccccc2)cn1-c1ccccc1O. The number of rotatable bonds is 2. The summed E-state index contributed by atoms with van der Waals surface area (Å²) in [6.45, 7) is 0. The maximum Gasteiger partial charge on any atom is 0.424 e. The second kappa shape index (κ2) is 4.49. The maximum absolute atomic E-state index is 11.9. The van der Waals surface area contributed by atoms with E-state index in [0.717, 1.165) is 5.56 Å². The molecule has 0 radical (unpaired) electrons. The molecule has 1 N–H and O–H groups in total. The Hall–Kier alpha value is -2.75. The van der Waals surface area contributed by atoms with Gasteiger partial charge in [-0.15, -0.1) is 0 Å². The van der Waals surface area contributed by atoms with E-state index >= 15 is 0 Å². The molecule has 0 atom stereocenters. The van der Waals surface area contributed by atoms with Crippen LogP contribution in [0.2, 0.25) is 0 Å². The summed E-state index contributed by atoms with van der Waals surface area (Å²) in [5.74, 6) is -0.0285. The molecule has 0 aliphatic carbocycles. The largest absolute Gasteiger partial charge is 0.506 e. The van der Waals surface area contributed by atoms with Gasteiger partial charge < -0.3 is 9.52 Å². The minimum Gasteiger partial charge on any atom is -0.506 e. The predicted octanol–water partition coefficient (Wildman–Crippen LogP) is 2.80. The van der Waals surface area contributed by atoms with Gasteiger partial charge in [0.2, 0.25) is 0 Å². The van der Waals surface area contributed by atoms with Crippen molar-refractivity contribution in [2.75, 3.05) is 0 Å². The lowest BCUT2D eigenvalue weighted by atomic mass is 10.2. The van der Waals surface area contributed by atoms with Crippen LogP contribution in [0.1, 0.15) is 0 Å². The first-order valence-corrected chi connectivity index (χ1v) is 5.82. The number of oxazole rings is 1. The normalized spacial score (nSPS) is 10.5. The molecule has 1 aromatic heterocycles. The average Bonchev–Trinajstić information content (AvgIpc) is 2.82. The molecule has 3 aromatic rings. The number of hydrogen-bond donors (Lipinski definition) is 1. The van der Waals surface area contributed by atoms with E-state index in [1.165, 1.54) is 10.6 Å². The van der Waals surface area contributed by atoms with Crippen LogP contribution in [-0.4, -0.2) is 9.67 Å². The van der Waals surface area contributed by atoms with Crippen molar-refractivity contribution in [3.63, 3.8) is 0 Å². The Labute approximate surface area is 109 Å². The highest BCUT2D eigenvalue weighted by molar-refractivity contribution is 5.57. The molecule has 0 amide bonds. The maximum atomic E-state index is 11.9. The smallest absolute Gasteiger partial charge is 0.424 e. The molecule has 0 bridgehead atoms. The van der Waals surface area contributed by atoms with Gasteiger partial charge in [-0.2, -0.15) is 0 Å². The molecule has 4 nitrogen and oxygen atoms in total. The van der Waals surface area contributed by atoms with E-state index < -0.39 is 5.76 Å². The molecule has 0 saturated heterocycles. The molecule has 4 heteroatoms. The number of benzene rings is 2. The zero-order chi connectivity index (χ0) is 13.2. The molecule has 0 fully saturated rings. The molecular weight excluding hydrogens is 242 g/mol. The highest BCUT2D eigenvalue weighted by Gasteiger charge is 2.11. The van der Waals surface area contributed by atoms with E-state index in [2.05, 4.69) is 0 Å². The highest BCUT2D eigenvalue weighted by atomic mass is 16.4. The summed E-state index contributed by atoms with van der Waals surface area (Å²) in [6.07, 6.45) is 1.58. The standard InChI is InChI=1S/C15H11NO3/c17-13-9-5-4-8-12(13)16-10-14(19-15(16)18)11-6-2-1-3-7-11/h1-10,17H. The molecule has 0 aliphatic heterocycles. The van der Waals surface area contributed by atoms with E-state index in [0.29, 0.717) is 11.4 Å². The summed E-state index contributed by atoms with van der Waals surface area (Å²) in [4.78, 5) is 11.9. The predicted molar refractivity (Wildman–Crippen MR) is 71.4 cm³/mol. The first-order valence-electron chi connectivity index (χ1n) is 5.82. The number of phenols is 1. The van der Waals surface area contributed by atoms with Crippen molar-refractivity contribution in [2.24, 2.45) is 0 Å². The molecule has 94 valence electrons. The topological polar surface area (TPSA) is 55.4 Å². The fourth-order valence-electron chi connectivity index (χ4n) is 1.91. The average molecular weight is 253 g/mol. The summed E-state index contributed by atoms with van der Waals surface area (Å²) >= 11 is 0. The second-order valence-corrected chi connectivity index (χ2v) is 4.09. The van der Waals surface area contributed by atoms with Crippen molar-refractivity contribution in [3.05, 3.63) is 71.3 Å². The van der Waals surface area contributed by atoms with Crippen LogP contribution in [0.4, 0.5) is 0 Å². The van der Waals surface area contributed by atoms with Crippen molar-refractivity contribution in [1.29, 1.82) is 0 Å². The van der Waals surface area contributed by atoms with Gasteiger partial charge in [-0.05, 0) is 12.1 Å². The lowest BCUT2D eigenvalue weighted by molar-refractivity contribution is 0.466. The van der Waals surface area contributed by atoms with Crippen LogP contribution in [0.15, 0.2) is 70.0 Å². The fourth-order valence-corrected chi connectivity index (χ4v) is 1.91. The lowest BCUT2D eigenvalue weighted by Crippen LogP contribution is -2.10. The van der Waals surface area contributed by atoms with Gasteiger partial charge in [-0.3, -0.25) is 0 Å². The van der Waals surface area contributed by atoms with Gasteiger partial charge in [0.1, 0.15) is 5.75 Å². The first kappa shape index (κ1) is 11.3. The van der Waals surface area contributed by atoms with Crippen LogP contribution >= 0.6 is 0 Å². The zero-order valence-electron chi connectivity index (χ0n) is 9.98. The van der Waals surface area contributed by atoms with Crippen molar-refractivity contribution < 1.29 is 9.52 Å². The van der Waals surface area contributed by atoms with Gasteiger partial charge in [0.15, 0.2) is 5.76 Å². The molecule has 0 saturated carbocycles. The van der Waals surface area contributed by atoms with E-state index in [9.17, 15) is 9.90 Å². The van der Waals surface area contributed by atoms with Crippen LogP contribution in [0.5, 0.6) is 5.75 Å². The van der Waals surface area contributed by atoms with Crippen LogP contribution in [0.25, 0.3) is 17.0 Å². The summed E-state index contributed by atoms with van der Waals surface area (Å²) < 4.78 is 6.50. The molecule has 3 rings (SSSR count). The van der Waals surface area contributed by atoms with Crippen molar-refractivity contribution >= 4 is 0 Å². The third-order valence-corrected chi connectivity index (χ3v) is 2.84. The second-order valence-electron chi connectivity index (χ2n) is 4.09. The molecule has 19 heavy (non-hydrogen) atoms. The summed E-state index contributed by atoms with van der Waals surface area (Å²) in [7, 11) is 0. The highest BCUT2D eigenvalue weighted by Crippen LogP contribution is 2.23. The van der Waals surface area contributed by atoms with Crippen LogP contribution in [0.3, 0.4) is 0 Å². The van der Waals surface area contributed by atoms with E-state index in [-0.39, 0.29) is 5.75 Å². The van der Waals surface area contributed by atoms with E-state index in [1.54, 1.807) is 24.4 Å². The Morgan fingerprint density at radius 2 is 1.63 bits per heavy atom. The molecular formula is C15H11NO3. The monoisotopic (exact) mass is 253 g/mol. The van der Waals surface area contributed by atoms with Gasteiger partial charge in [-0.1, -0.05) is 42.5 Å². The zero-order valence-corrected chi connectivity index (χ0v) is 9.98. The Bertz CT molecular complexity index is 756. The van der Waals surface area contributed by atoms with Gasteiger partial charge in [0.05, 0.1) is 11.9 Å². The van der Waals surface area contributed by atoms with Crippen molar-refractivity contribution in [2.45, 2.75) is 0 Å². The fraction of sp³-hybridized carbons (Fsp3) is 0. The number of nitrogens with zero attached hydrogens (tertiary/aromatic N) is 1. The summed E-state index contributed by atoms with van der Waals surface area (Å²) in [5.41, 5.74) is 1.22. The lowest BCUT2D eigenvalue weighted by Gasteiger charge is -2.01. The molecule has 2 aromatic carbocycles. The molecule has 0 unspecified atom stereocenters.